The largest absolute Gasteiger partial charge is 0.398 e. The zero-order valence-electron chi connectivity index (χ0n) is 20.5. The lowest BCUT2D eigenvalue weighted by Gasteiger charge is -2.24. The molecule has 2 N–H and O–H groups in total. The van der Waals surface area contributed by atoms with Gasteiger partial charge in [0.2, 0.25) is 0 Å². The third kappa shape index (κ3) is 2.12. The van der Waals surface area contributed by atoms with Gasteiger partial charge in [-0.25, -0.2) is 4.98 Å². The van der Waals surface area contributed by atoms with E-state index < -0.39 is 83.7 Å². The quantitative estimate of drug-likeness (QED) is 0.629. The maximum Gasteiger partial charge on any atom is 0.264 e. The van der Waals surface area contributed by atoms with Gasteiger partial charge in [-0.3, -0.25) is 19.0 Å². The highest BCUT2D eigenvalue weighted by Gasteiger charge is 2.30. The summed E-state index contributed by atoms with van der Waals surface area (Å²) in [5.41, 5.74) is 3.20. The molecule has 6 nitrogen and oxygen atoms in total. The van der Waals surface area contributed by atoms with Crippen LogP contribution in [-0.2, 0) is 9.59 Å². The molecular weight excluding hydrogens is 270 g/mol. The Morgan fingerprint density at radius 1 is 1.57 bits per heavy atom. The minimum atomic E-state index is -3.68. The summed E-state index contributed by atoms with van der Waals surface area (Å²) in [6.45, 7) is -3.29. The van der Waals surface area contributed by atoms with Crippen molar-refractivity contribution in [3.05, 3.63) is 34.3 Å². The Labute approximate surface area is 134 Å². The molecule has 3 rings (SSSR count). The van der Waals surface area contributed by atoms with E-state index in [9.17, 15) is 14.4 Å². The molecule has 1 aromatic carbocycles. The van der Waals surface area contributed by atoms with Gasteiger partial charge in [0, 0.05) is 21.7 Å². The number of aromatic nitrogens is 2. The number of nitrogen functional groups attached to an aromatic ring is 1. The molecule has 21 heavy (non-hydrogen) atoms. The molecule has 1 heterocycles. The smallest absolute Gasteiger partial charge is 0.264 e. The predicted octanol–water partition coefficient (Wildman–Crippen LogP) is 1.15. The molecular formula is C15H15N3O3. The van der Waals surface area contributed by atoms with Crippen LogP contribution in [0.2, 0.25) is 0 Å². The summed E-state index contributed by atoms with van der Waals surface area (Å²) in [6.07, 6.45) is -8.36. The average molecular weight is 295 g/mol. The number of benzene rings is 1. The molecule has 1 aromatic heterocycles. The van der Waals surface area contributed by atoms with E-state index in [2.05, 4.69) is 4.98 Å². The van der Waals surface area contributed by atoms with E-state index >= 15 is 0 Å². The fraction of sp³-hybridized carbons (Fsp3) is 0.333. The van der Waals surface area contributed by atoms with Crippen molar-refractivity contribution in [2.24, 2.45) is 0 Å². The summed E-state index contributed by atoms with van der Waals surface area (Å²) < 4.78 is 78.8. The number of fused-ring (bicyclic) bond motifs is 1. The van der Waals surface area contributed by atoms with Gasteiger partial charge in [-0.05, 0) is 25.3 Å². The van der Waals surface area contributed by atoms with Gasteiger partial charge in [-0.15, -0.1) is 0 Å². The minimum absolute atomic E-state index is 0.103. The zero-order valence-corrected chi connectivity index (χ0v) is 10.5. The van der Waals surface area contributed by atoms with Crippen LogP contribution in [-0.4, -0.2) is 21.1 Å². The third-order valence-corrected chi connectivity index (χ3v) is 2.93. The van der Waals surface area contributed by atoms with E-state index in [4.69, 9.17) is 19.4 Å². The van der Waals surface area contributed by atoms with E-state index in [0.717, 1.165) is 6.07 Å². The molecule has 0 spiro atoms. The SMILES string of the molecule is [2H]c1cc2nc(C([2H])([2H])[2H])n(C3([2H])C(=O)CC(=O)C([2H])([2H])C3([2H])[2H])c(=O)c2c(N)c1[2H]. The Hall–Kier alpha value is -2.50. The first kappa shape index (κ1) is 6.09. The number of Topliss-reactive ketones (excluding diaryl/α,β-unsaturated/α-hetero) is 2. The van der Waals surface area contributed by atoms with Crippen molar-refractivity contribution in [3.63, 3.8) is 0 Å². The van der Waals surface area contributed by atoms with Crippen molar-refractivity contribution in [1.82, 2.24) is 9.55 Å². The Morgan fingerprint density at radius 3 is 3.14 bits per heavy atom. The molecule has 0 saturated heterocycles. The maximum atomic E-state index is 13.3. The zero-order chi connectivity index (χ0) is 23.9. The Balaban J connectivity index is 2.60. The lowest BCUT2D eigenvalue weighted by molar-refractivity contribution is -0.132. The monoisotopic (exact) mass is 295 g/mol. The second kappa shape index (κ2) is 4.80. The number of carbonyl (C=O) groups excluding carboxylic acids is 2. The topological polar surface area (TPSA) is 95.0 Å². The summed E-state index contributed by atoms with van der Waals surface area (Å²) >= 11 is 0. The highest BCUT2D eigenvalue weighted by atomic mass is 16.2. The molecule has 1 fully saturated rings. The van der Waals surface area contributed by atoms with Crippen LogP contribution in [0.15, 0.2) is 22.9 Å². The second-order valence-electron chi connectivity index (χ2n) is 4.29. The summed E-state index contributed by atoms with van der Waals surface area (Å²) in [6, 6.07) is -3.76. The van der Waals surface area contributed by atoms with E-state index in [1.165, 1.54) is 0 Å². The van der Waals surface area contributed by atoms with Crippen LogP contribution in [0.1, 0.15) is 44.7 Å². The van der Waals surface area contributed by atoms with Gasteiger partial charge in [0.1, 0.15) is 11.6 Å². The minimum Gasteiger partial charge on any atom is -0.398 e. The lowest BCUT2D eigenvalue weighted by Crippen LogP contribution is -2.36. The predicted molar refractivity (Wildman–Crippen MR) is 78.1 cm³/mol. The summed E-state index contributed by atoms with van der Waals surface area (Å²) in [4.78, 5) is 41.7. The molecule has 0 bridgehead atoms. The van der Waals surface area contributed by atoms with Gasteiger partial charge in [-0.2, -0.15) is 0 Å². The molecule has 0 aliphatic heterocycles. The number of aryl methyl sites for hydroxylation is 1. The molecule has 1 atom stereocenters. The van der Waals surface area contributed by atoms with Crippen LogP contribution < -0.4 is 11.3 Å². The molecule has 0 radical (unpaired) electrons. The van der Waals surface area contributed by atoms with Crippen LogP contribution >= 0.6 is 0 Å². The first-order valence-electron chi connectivity index (χ1n) is 10.8. The summed E-state index contributed by atoms with van der Waals surface area (Å²) in [5, 5.41) is -0.637. The third-order valence-electron chi connectivity index (χ3n) is 2.93. The maximum absolute atomic E-state index is 13.3. The van der Waals surface area contributed by atoms with Crippen molar-refractivity contribution in [2.45, 2.75) is 32.0 Å². The normalized spacial score (nSPS) is 35.0. The molecule has 1 aliphatic carbocycles. The van der Waals surface area contributed by atoms with Crippen LogP contribution in [0.5, 0.6) is 0 Å². The number of rotatable bonds is 1. The van der Waals surface area contributed by atoms with E-state index in [-0.39, 0.29) is 4.57 Å². The first-order valence-corrected chi connectivity index (χ1v) is 5.80. The lowest BCUT2D eigenvalue weighted by atomic mass is 9.92. The van der Waals surface area contributed by atoms with Crippen molar-refractivity contribution in [1.29, 1.82) is 0 Å². The van der Waals surface area contributed by atoms with Gasteiger partial charge >= 0.3 is 0 Å². The summed E-state index contributed by atoms with van der Waals surface area (Å²) in [5.74, 6) is -4.23. The van der Waals surface area contributed by atoms with Gasteiger partial charge in [0.25, 0.3) is 5.56 Å². The number of carbonyl (C=O) groups is 2. The second-order valence-corrected chi connectivity index (χ2v) is 4.29. The Morgan fingerprint density at radius 2 is 2.38 bits per heavy atom. The van der Waals surface area contributed by atoms with Gasteiger partial charge < -0.3 is 5.73 Å². The van der Waals surface area contributed by atoms with Crippen LogP contribution in [0.3, 0.4) is 0 Å². The number of ketones is 2. The molecule has 108 valence electrons. The van der Waals surface area contributed by atoms with Crippen LogP contribution in [0.25, 0.3) is 10.9 Å². The molecule has 1 unspecified atom stereocenters. The highest BCUT2D eigenvalue weighted by molar-refractivity contribution is 6.03. The molecule has 1 saturated carbocycles. The molecule has 1 aliphatic rings. The van der Waals surface area contributed by atoms with Crippen LogP contribution in [0, 0.1) is 6.85 Å². The fourth-order valence-electron chi connectivity index (χ4n) is 2.00. The Kier molecular flexibility index (Phi) is 1.39. The number of anilines is 1. The molecule has 0 amide bonds. The van der Waals surface area contributed by atoms with Crippen molar-refractivity contribution < 1.29 is 23.3 Å². The van der Waals surface area contributed by atoms with Gasteiger partial charge in [-0.1, -0.05) is 6.04 Å². The molecule has 2 aromatic rings. The van der Waals surface area contributed by atoms with Crippen molar-refractivity contribution >= 4 is 28.2 Å². The highest BCUT2D eigenvalue weighted by Crippen LogP contribution is 2.24. The first-order chi connectivity index (χ1) is 13.9. The van der Waals surface area contributed by atoms with Crippen LogP contribution in [0.4, 0.5) is 5.69 Å². The number of nitrogens with zero attached hydrogens (tertiary/aromatic N) is 2. The average Bonchev–Trinajstić information content (AvgIpc) is 2.62. The van der Waals surface area contributed by atoms with Gasteiger partial charge in [0.05, 0.1) is 27.5 Å². The number of hydrogen-bond acceptors (Lipinski definition) is 5. The summed E-state index contributed by atoms with van der Waals surface area (Å²) in [7, 11) is 0. The van der Waals surface area contributed by atoms with Gasteiger partial charge in [0.15, 0.2) is 5.78 Å². The molecule has 6 heteroatoms. The van der Waals surface area contributed by atoms with E-state index in [1.807, 2.05) is 0 Å². The number of nitrogens with two attached hydrogens (primary N) is 1. The standard InChI is InChI=1S/C15H15N3O3/c1-8-17-11-4-2-3-10(16)14(11)15(21)18(8)12-6-5-9(19)7-13(12)20/h2-4,12H,5-7,16H2,1H3/i1D3,2D,3D,5D2,6D2,12D. The van der Waals surface area contributed by atoms with Crippen molar-refractivity contribution in [2.75, 3.05) is 5.73 Å². The van der Waals surface area contributed by atoms with E-state index in [0.29, 0.717) is 0 Å². The Bertz CT molecular complexity index is 1220. The van der Waals surface area contributed by atoms with E-state index in [1.54, 1.807) is 0 Å². The number of hydrogen-bond donors (Lipinski definition) is 1. The fourth-order valence-corrected chi connectivity index (χ4v) is 2.00. The van der Waals surface area contributed by atoms with Crippen molar-refractivity contribution in [3.8, 4) is 0 Å².